The van der Waals surface area contributed by atoms with Crippen LogP contribution in [0.2, 0.25) is 0 Å². The Bertz CT molecular complexity index is 981. The molecule has 0 bridgehead atoms. The number of aromatic nitrogens is 1. The molecule has 3 rings (SSSR count). The second-order valence-electron chi connectivity index (χ2n) is 7.35. The molecule has 0 aliphatic carbocycles. The molecule has 1 N–H and O–H groups in total. The average molecular weight is 361 g/mol. The van der Waals surface area contributed by atoms with Gasteiger partial charge in [-0.25, -0.2) is 0 Å². The fourth-order valence-electron chi connectivity index (χ4n) is 2.99. The molecular weight excluding hydrogens is 338 g/mol. The first-order valence-corrected chi connectivity index (χ1v) is 8.88. The topological polar surface area (TPSA) is 59.3 Å². The lowest BCUT2D eigenvalue weighted by atomic mass is 9.84. The molecule has 0 atom stereocenters. The van der Waals surface area contributed by atoms with Crippen LogP contribution in [0.15, 0.2) is 66.9 Å². The second-order valence-corrected chi connectivity index (χ2v) is 7.35. The third-order valence-electron chi connectivity index (χ3n) is 4.91. The van der Waals surface area contributed by atoms with Crippen LogP contribution in [0.1, 0.15) is 46.6 Å². The Balaban J connectivity index is 1.88. The van der Waals surface area contributed by atoms with Crippen molar-refractivity contribution in [3.05, 3.63) is 94.8 Å². The van der Waals surface area contributed by atoms with Crippen molar-refractivity contribution in [3.8, 4) is 0 Å². The number of rotatable bonds is 6. The quantitative estimate of drug-likeness (QED) is 0.661. The minimum atomic E-state index is -0.965. The van der Waals surface area contributed by atoms with E-state index in [9.17, 15) is 14.7 Å². The highest BCUT2D eigenvalue weighted by atomic mass is 16.4. The van der Waals surface area contributed by atoms with E-state index in [2.05, 4.69) is 0 Å². The van der Waals surface area contributed by atoms with Crippen molar-refractivity contribution in [3.63, 3.8) is 0 Å². The van der Waals surface area contributed by atoms with Crippen molar-refractivity contribution in [1.29, 1.82) is 0 Å². The summed E-state index contributed by atoms with van der Waals surface area (Å²) in [5.41, 5.74) is 3.11. The van der Waals surface area contributed by atoms with Crippen molar-refractivity contribution < 1.29 is 14.7 Å². The highest BCUT2D eigenvalue weighted by Gasteiger charge is 2.29. The summed E-state index contributed by atoms with van der Waals surface area (Å²) in [5.74, 6) is -0.891. The Hall–Kier alpha value is -3.14. The van der Waals surface area contributed by atoms with E-state index in [1.165, 1.54) is 0 Å². The maximum atomic E-state index is 12.8. The summed E-state index contributed by atoms with van der Waals surface area (Å²) in [6.07, 6.45) is 1.87. The molecule has 0 saturated heterocycles. The van der Waals surface area contributed by atoms with Crippen LogP contribution >= 0.6 is 0 Å². The number of aryl methyl sites for hydroxylation is 1. The Kier molecular flexibility index (Phi) is 5.00. The van der Waals surface area contributed by atoms with Gasteiger partial charge in [0.1, 0.15) is 0 Å². The van der Waals surface area contributed by atoms with Gasteiger partial charge in [-0.2, -0.15) is 0 Å². The van der Waals surface area contributed by atoms with Crippen LogP contribution in [0, 0.1) is 6.92 Å². The molecule has 3 aromatic rings. The first kappa shape index (κ1) is 18.6. The van der Waals surface area contributed by atoms with E-state index >= 15 is 0 Å². The summed E-state index contributed by atoms with van der Waals surface area (Å²) in [4.78, 5) is 24.4. The summed E-state index contributed by atoms with van der Waals surface area (Å²) in [5, 5.41) is 9.45. The zero-order valence-electron chi connectivity index (χ0n) is 15.8. The van der Waals surface area contributed by atoms with Crippen molar-refractivity contribution in [2.45, 2.75) is 32.7 Å². The van der Waals surface area contributed by atoms with Gasteiger partial charge in [-0.1, -0.05) is 54.1 Å². The Morgan fingerprint density at radius 2 is 1.70 bits per heavy atom. The fraction of sp³-hybridized carbons (Fsp3) is 0.217. The molecule has 0 fully saturated rings. The molecule has 4 heteroatoms. The number of benzene rings is 2. The maximum absolute atomic E-state index is 12.8. The number of aliphatic carboxylic acids is 1. The first-order valence-electron chi connectivity index (χ1n) is 8.88. The van der Waals surface area contributed by atoms with Crippen molar-refractivity contribution in [1.82, 2.24) is 4.57 Å². The Morgan fingerprint density at radius 3 is 2.37 bits per heavy atom. The monoisotopic (exact) mass is 361 g/mol. The van der Waals surface area contributed by atoms with Gasteiger partial charge >= 0.3 is 5.97 Å². The molecular formula is C23H23NO3. The minimum absolute atomic E-state index is 0.0259. The number of ketones is 1. The average Bonchev–Trinajstić information content (AvgIpc) is 3.10. The third-order valence-corrected chi connectivity index (χ3v) is 4.91. The standard InChI is InChI=1S/C23H23NO3/c1-16-9-11-18(12-10-16)21(25)20-8-5-13-24(20)15-17-6-4-7-19(14-17)23(2,3)22(26)27/h4-14H,15H2,1-3H3,(H,26,27). The summed E-state index contributed by atoms with van der Waals surface area (Å²) >= 11 is 0. The lowest BCUT2D eigenvalue weighted by Crippen LogP contribution is -2.28. The predicted octanol–water partition coefficient (Wildman–Crippen LogP) is 4.44. The van der Waals surface area contributed by atoms with Crippen LogP contribution in [-0.2, 0) is 16.8 Å². The van der Waals surface area contributed by atoms with Gasteiger partial charge in [-0.05, 0) is 44.0 Å². The highest BCUT2D eigenvalue weighted by molar-refractivity contribution is 6.08. The summed E-state index contributed by atoms with van der Waals surface area (Å²) < 4.78 is 1.90. The molecule has 0 aliphatic rings. The number of carbonyl (C=O) groups is 2. The van der Waals surface area contributed by atoms with Gasteiger partial charge in [0.05, 0.1) is 11.1 Å². The molecule has 138 valence electrons. The lowest BCUT2D eigenvalue weighted by Gasteiger charge is -2.20. The predicted molar refractivity (Wildman–Crippen MR) is 105 cm³/mol. The largest absolute Gasteiger partial charge is 0.481 e. The second kappa shape index (κ2) is 7.23. The van der Waals surface area contributed by atoms with E-state index in [4.69, 9.17) is 0 Å². The molecule has 2 aromatic carbocycles. The normalized spacial score (nSPS) is 11.4. The SMILES string of the molecule is Cc1ccc(C(=O)c2cccn2Cc2cccc(C(C)(C)C(=O)O)c2)cc1. The molecule has 0 amide bonds. The summed E-state index contributed by atoms with van der Waals surface area (Å²) in [7, 11) is 0. The van der Waals surface area contributed by atoms with Gasteiger partial charge in [0, 0.05) is 18.3 Å². The molecule has 4 nitrogen and oxygen atoms in total. The molecule has 27 heavy (non-hydrogen) atoms. The Labute approximate surface area is 159 Å². The third kappa shape index (κ3) is 3.85. The lowest BCUT2D eigenvalue weighted by molar-refractivity contribution is -0.142. The van der Waals surface area contributed by atoms with E-state index < -0.39 is 11.4 Å². The van der Waals surface area contributed by atoms with E-state index in [0.29, 0.717) is 17.8 Å². The van der Waals surface area contributed by atoms with E-state index in [-0.39, 0.29) is 5.78 Å². The first-order chi connectivity index (χ1) is 12.8. The molecule has 0 radical (unpaired) electrons. The number of carbonyl (C=O) groups excluding carboxylic acids is 1. The van der Waals surface area contributed by atoms with Crippen LogP contribution in [0.5, 0.6) is 0 Å². The van der Waals surface area contributed by atoms with Gasteiger partial charge in [0.25, 0.3) is 0 Å². The number of nitrogens with zero attached hydrogens (tertiary/aromatic N) is 1. The molecule has 0 aliphatic heterocycles. The van der Waals surface area contributed by atoms with Crippen LogP contribution in [0.25, 0.3) is 0 Å². The number of carboxylic acid groups (broad SMARTS) is 1. The van der Waals surface area contributed by atoms with Gasteiger partial charge in [0.2, 0.25) is 5.78 Å². The van der Waals surface area contributed by atoms with Crippen LogP contribution in [0.3, 0.4) is 0 Å². The molecule has 0 spiro atoms. The van der Waals surface area contributed by atoms with E-state index in [1.807, 2.05) is 78.4 Å². The number of hydrogen-bond acceptors (Lipinski definition) is 2. The fourth-order valence-corrected chi connectivity index (χ4v) is 2.99. The smallest absolute Gasteiger partial charge is 0.313 e. The van der Waals surface area contributed by atoms with Crippen molar-refractivity contribution in [2.75, 3.05) is 0 Å². The summed E-state index contributed by atoms with van der Waals surface area (Å²) in [6, 6.07) is 18.7. The van der Waals surface area contributed by atoms with Crippen LogP contribution in [0.4, 0.5) is 0 Å². The molecule has 1 aromatic heterocycles. The molecule has 1 heterocycles. The molecule has 0 saturated carbocycles. The van der Waals surface area contributed by atoms with Crippen LogP contribution in [-0.4, -0.2) is 21.4 Å². The van der Waals surface area contributed by atoms with Crippen molar-refractivity contribution in [2.24, 2.45) is 0 Å². The zero-order valence-corrected chi connectivity index (χ0v) is 15.8. The minimum Gasteiger partial charge on any atom is -0.481 e. The zero-order chi connectivity index (χ0) is 19.6. The highest BCUT2D eigenvalue weighted by Crippen LogP contribution is 2.25. The van der Waals surface area contributed by atoms with Crippen LogP contribution < -0.4 is 0 Å². The van der Waals surface area contributed by atoms with Crippen molar-refractivity contribution >= 4 is 11.8 Å². The van der Waals surface area contributed by atoms with E-state index in [0.717, 1.165) is 16.7 Å². The van der Waals surface area contributed by atoms with Gasteiger partial charge < -0.3 is 9.67 Å². The van der Waals surface area contributed by atoms with Gasteiger partial charge in [-0.3, -0.25) is 9.59 Å². The number of hydrogen-bond donors (Lipinski definition) is 1. The van der Waals surface area contributed by atoms with Gasteiger partial charge in [0.15, 0.2) is 0 Å². The summed E-state index contributed by atoms with van der Waals surface area (Å²) in [6.45, 7) is 5.87. The Morgan fingerprint density at radius 1 is 1.00 bits per heavy atom. The maximum Gasteiger partial charge on any atom is 0.313 e. The van der Waals surface area contributed by atoms with E-state index in [1.54, 1.807) is 13.8 Å². The number of carboxylic acids is 1. The van der Waals surface area contributed by atoms with Gasteiger partial charge in [-0.15, -0.1) is 0 Å². The molecule has 0 unspecified atom stereocenters.